The van der Waals surface area contributed by atoms with Crippen molar-refractivity contribution in [2.75, 3.05) is 33.3 Å². The summed E-state index contributed by atoms with van der Waals surface area (Å²) in [7, 11) is 1.71. The smallest absolute Gasteiger partial charge is 0.246 e. The number of nitrogens with zero attached hydrogens (tertiary/aromatic N) is 1. The lowest BCUT2D eigenvalue weighted by atomic mass is 10.0. The number of rotatable bonds is 11. The fourth-order valence-electron chi connectivity index (χ4n) is 1.78. The van der Waals surface area contributed by atoms with Crippen molar-refractivity contribution >= 4 is 5.91 Å². The molecule has 0 heterocycles. The number of aliphatic hydroxyl groups excluding tert-OH is 5. The number of amides is 1. The van der Waals surface area contributed by atoms with Crippen LogP contribution in [0.2, 0.25) is 0 Å². The van der Waals surface area contributed by atoms with Crippen LogP contribution in [-0.4, -0.2) is 94.0 Å². The van der Waals surface area contributed by atoms with E-state index in [-0.39, 0.29) is 12.5 Å². The molecule has 1 amide bonds. The fraction of sp³-hybridized carbons (Fsp3) is 0.786. The number of hydrogen-bond acceptors (Lipinski definition) is 7. The molecule has 0 aliphatic rings. The molecular formula is C14H28N2O6. The largest absolute Gasteiger partial charge is 0.394 e. The van der Waals surface area contributed by atoms with Gasteiger partial charge in [0.25, 0.3) is 0 Å². The SMILES string of the molecule is C=C(C)C(=O)NCCCN(C)C[C@H](O)[C@@H](O)[C@H](O)[C@H](O)CO. The monoisotopic (exact) mass is 320 g/mol. The first kappa shape index (κ1) is 21.0. The molecule has 0 saturated carbocycles. The molecule has 130 valence electrons. The molecule has 0 bridgehead atoms. The third-order valence-corrected chi connectivity index (χ3v) is 3.21. The second-order valence-corrected chi connectivity index (χ2v) is 5.45. The van der Waals surface area contributed by atoms with Gasteiger partial charge in [0.05, 0.1) is 12.7 Å². The molecule has 22 heavy (non-hydrogen) atoms. The Labute approximate surface area is 130 Å². The van der Waals surface area contributed by atoms with Crippen LogP contribution in [0.5, 0.6) is 0 Å². The lowest BCUT2D eigenvalue weighted by Crippen LogP contribution is -2.49. The Morgan fingerprint density at radius 3 is 2.23 bits per heavy atom. The third kappa shape index (κ3) is 7.83. The summed E-state index contributed by atoms with van der Waals surface area (Å²) in [5.74, 6) is -0.209. The van der Waals surface area contributed by atoms with Crippen molar-refractivity contribution in [3.05, 3.63) is 12.2 Å². The van der Waals surface area contributed by atoms with Gasteiger partial charge in [-0.2, -0.15) is 0 Å². The van der Waals surface area contributed by atoms with Gasteiger partial charge in [-0.1, -0.05) is 6.58 Å². The number of nitrogens with one attached hydrogen (secondary N) is 1. The van der Waals surface area contributed by atoms with Crippen molar-refractivity contribution in [2.24, 2.45) is 0 Å². The van der Waals surface area contributed by atoms with Gasteiger partial charge in [0.2, 0.25) is 5.91 Å². The summed E-state index contributed by atoms with van der Waals surface area (Å²) < 4.78 is 0. The van der Waals surface area contributed by atoms with E-state index in [9.17, 15) is 25.2 Å². The molecule has 8 nitrogen and oxygen atoms in total. The first-order chi connectivity index (χ1) is 10.2. The van der Waals surface area contributed by atoms with Crippen LogP contribution in [0, 0.1) is 0 Å². The van der Waals surface area contributed by atoms with Crippen LogP contribution < -0.4 is 5.32 Å². The van der Waals surface area contributed by atoms with E-state index >= 15 is 0 Å². The van der Waals surface area contributed by atoms with Gasteiger partial charge < -0.3 is 35.7 Å². The molecule has 0 fully saturated rings. The van der Waals surface area contributed by atoms with Gasteiger partial charge in [-0.05, 0) is 26.9 Å². The molecule has 0 aliphatic carbocycles. The van der Waals surface area contributed by atoms with Gasteiger partial charge in [-0.15, -0.1) is 0 Å². The van der Waals surface area contributed by atoms with Crippen LogP contribution in [0.1, 0.15) is 13.3 Å². The van der Waals surface area contributed by atoms with E-state index < -0.39 is 31.0 Å². The highest BCUT2D eigenvalue weighted by molar-refractivity contribution is 5.91. The third-order valence-electron chi connectivity index (χ3n) is 3.21. The minimum Gasteiger partial charge on any atom is -0.394 e. The molecule has 0 rings (SSSR count). The fourth-order valence-corrected chi connectivity index (χ4v) is 1.78. The van der Waals surface area contributed by atoms with Gasteiger partial charge in [0.1, 0.15) is 18.3 Å². The zero-order valence-corrected chi connectivity index (χ0v) is 13.1. The molecule has 0 aromatic carbocycles. The van der Waals surface area contributed by atoms with E-state index in [1.165, 1.54) is 0 Å². The van der Waals surface area contributed by atoms with Gasteiger partial charge in [-0.25, -0.2) is 0 Å². The van der Waals surface area contributed by atoms with Gasteiger partial charge in [0.15, 0.2) is 0 Å². The van der Waals surface area contributed by atoms with Crippen LogP contribution in [-0.2, 0) is 4.79 Å². The Kier molecular flexibility index (Phi) is 10.2. The molecule has 0 aromatic rings. The average molecular weight is 320 g/mol. The highest BCUT2D eigenvalue weighted by Crippen LogP contribution is 2.06. The molecule has 0 aromatic heterocycles. The topological polar surface area (TPSA) is 133 Å². The summed E-state index contributed by atoms with van der Waals surface area (Å²) in [5.41, 5.74) is 0.434. The van der Waals surface area contributed by atoms with E-state index in [2.05, 4.69) is 11.9 Å². The predicted molar refractivity (Wildman–Crippen MR) is 81.1 cm³/mol. The molecule has 0 unspecified atom stereocenters. The van der Waals surface area contributed by atoms with E-state index in [1.807, 2.05) is 0 Å². The number of likely N-dealkylation sites (N-methyl/N-ethyl adjacent to an activating group) is 1. The quantitative estimate of drug-likeness (QED) is 0.182. The molecule has 0 saturated heterocycles. The van der Waals surface area contributed by atoms with E-state index in [0.29, 0.717) is 25.1 Å². The Bertz CT molecular complexity index is 352. The first-order valence-electron chi connectivity index (χ1n) is 7.16. The second kappa shape index (κ2) is 10.7. The lowest BCUT2D eigenvalue weighted by Gasteiger charge is -2.28. The normalized spacial score (nSPS) is 16.9. The summed E-state index contributed by atoms with van der Waals surface area (Å²) in [5, 5.41) is 49.6. The molecule has 0 aliphatic heterocycles. The average Bonchev–Trinajstić information content (AvgIpc) is 2.48. The highest BCUT2D eigenvalue weighted by Gasteiger charge is 2.30. The van der Waals surface area contributed by atoms with Gasteiger partial charge in [0, 0.05) is 18.7 Å². The standard InChI is InChI=1S/C14H28N2O6/c1-9(2)14(22)15-5-4-6-16(3)7-10(18)12(20)13(21)11(19)8-17/h10-13,17-21H,1,4-8H2,2-3H3,(H,15,22)/t10-,11+,12+,13+/m0/s1. The van der Waals surface area contributed by atoms with Gasteiger partial charge in [-0.3, -0.25) is 4.79 Å². The Balaban J connectivity index is 4.02. The Hall–Kier alpha value is -1.03. The summed E-state index contributed by atoms with van der Waals surface area (Å²) in [6, 6.07) is 0. The zero-order valence-electron chi connectivity index (χ0n) is 13.1. The van der Waals surface area contributed by atoms with E-state index in [0.717, 1.165) is 0 Å². The van der Waals surface area contributed by atoms with Crippen LogP contribution in [0.3, 0.4) is 0 Å². The predicted octanol–water partition coefficient (Wildman–Crippen LogP) is -2.56. The molecule has 0 radical (unpaired) electrons. The Morgan fingerprint density at radius 1 is 1.18 bits per heavy atom. The van der Waals surface area contributed by atoms with Crippen LogP contribution in [0.25, 0.3) is 0 Å². The van der Waals surface area contributed by atoms with Crippen molar-refractivity contribution in [3.63, 3.8) is 0 Å². The van der Waals surface area contributed by atoms with Crippen LogP contribution >= 0.6 is 0 Å². The van der Waals surface area contributed by atoms with E-state index in [4.69, 9.17) is 5.11 Å². The van der Waals surface area contributed by atoms with Gasteiger partial charge >= 0.3 is 0 Å². The van der Waals surface area contributed by atoms with Crippen LogP contribution in [0.15, 0.2) is 12.2 Å². The number of carbonyl (C=O) groups is 1. The highest BCUT2D eigenvalue weighted by atomic mass is 16.4. The molecule has 4 atom stereocenters. The van der Waals surface area contributed by atoms with Crippen molar-refractivity contribution < 1.29 is 30.3 Å². The molecule has 8 heteroatoms. The number of aliphatic hydroxyl groups is 5. The van der Waals surface area contributed by atoms with Crippen LogP contribution in [0.4, 0.5) is 0 Å². The maximum absolute atomic E-state index is 11.3. The van der Waals surface area contributed by atoms with E-state index in [1.54, 1.807) is 18.9 Å². The zero-order chi connectivity index (χ0) is 17.3. The second-order valence-electron chi connectivity index (χ2n) is 5.45. The van der Waals surface area contributed by atoms with Crippen molar-refractivity contribution in [1.82, 2.24) is 10.2 Å². The first-order valence-corrected chi connectivity index (χ1v) is 7.16. The Morgan fingerprint density at radius 2 is 1.73 bits per heavy atom. The number of hydrogen-bond donors (Lipinski definition) is 6. The number of carbonyl (C=O) groups excluding carboxylic acids is 1. The van der Waals surface area contributed by atoms with Crippen molar-refractivity contribution in [3.8, 4) is 0 Å². The summed E-state index contributed by atoms with van der Waals surface area (Å²) in [4.78, 5) is 13.0. The maximum atomic E-state index is 11.3. The summed E-state index contributed by atoms with van der Waals surface area (Å²) >= 11 is 0. The summed E-state index contributed by atoms with van der Waals surface area (Å²) in [6.45, 7) is 5.52. The maximum Gasteiger partial charge on any atom is 0.246 e. The minimum atomic E-state index is -1.62. The summed E-state index contributed by atoms with van der Waals surface area (Å²) in [6.07, 6.45) is -5.32. The lowest BCUT2D eigenvalue weighted by molar-refractivity contribution is -0.118. The van der Waals surface area contributed by atoms with Crippen molar-refractivity contribution in [1.29, 1.82) is 0 Å². The molecule has 0 spiro atoms. The minimum absolute atomic E-state index is 0.0742. The van der Waals surface area contributed by atoms with Crippen molar-refractivity contribution in [2.45, 2.75) is 37.8 Å². The molecular weight excluding hydrogens is 292 g/mol. The molecule has 6 N–H and O–H groups in total.